The van der Waals surface area contributed by atoms with E-state index in [1.807, 2.05) is 47.5 Å². The Hall–Kier alpha value is -2.66. The number of hydrogen-bond acceptors (Lipinski definition) is 3. The molecule has 3 heterocycles. The maximum atomic E-state index is 12.6. The highest BCUT2D eigenvalue weighted by Gasteiger charge is 2.19. The van der Waals surface area contributed by atoms with Gasteiger partial charge in [0.05, 0.1) is 13.2 Å². The van der Waals surface area contributed by atoms with Gasteiger partial charge in [-0.15, -0.1) is 0 Å². The van der Waals surface area contributed by atoms with Crippen molar-refractivity contribution in [2.24, 2.45) is 0 Å². The summed E-state index contributed by atoms with van der Waals surface area (Å²) in [7, 11) is 0. The number of benzene rings is 1. The van der Waals surface area contributed by atoms with Gasteiger partial charge in [-0.25, -0.2) is 4.98 Å². The first-order valence-electron chi connectivity index (χ1n) is 7.72. The number of amides is 1. The topological polar surface area (TPSA) is 58.2 Å². The minimum absolute atomic E-state index is 0.0644. The first-order valence-corrected chi connectivity index (χ1v) is 7.72. The number of aromatic amines is 1. The second-order valence-corrected chi connectivity index (χ2v) is 5.58. The monoisotopic (exact) mass is 307 g/mol. The Morgan fingerprint density at radius 1 is 1.17 bits per heavy atom. The summed E-state index contributed by atoms with van der Waals surface area (Å²) in [6.07, 6.45) is 3.66. The summed E-state index contributed by atoms with van der Waals surface area (Å²) in [5.74, 6) is 0.0644. The lowest BCUT2D eigenvalue weighted by atomic mass is 10.0. The Kier molecular flexibility index (Phi) is 3.55. The van der Waals surface area contributed by atoms with Crippen molar-refractivity contribution in [3.8, 4) is 11.1 Å². The zero-order chi connectivity index (χ0) is 15.6. The van der Waals surface area contributed by atoms with Crippen LogP contribution in [0, 0.1) is 0 Å². The Morgan fingerprint density at radius 2 is 2.04 bits per heavy atom. The van der Waals surface area contributed by atoms with Crippen molar-refractivity contribution in [3.63, 3.8) is 0 Å². The van der Waals surface area contributed by atoms with Crippen molar-refractivity contribution < 1.29 is 9.53 Å². The van der Waals surface area contributed by atoms with Gasteiger partial charge in [0.15, 0.2) is 0 Å². The molecule has 5 nitrogen and oxygen atoms in total. The van der Waals surface area contributed by atoms with Crippen LogP contribution in [-0.2, 0) is 4.74 Å². The molecular formula is C18H17N3O2. The standard InChI is InChI=1S/C18H17N3O2/c22-18(21-8-10-23-11-9-21)14-3-1-2-13(12-14)15-4-6-19-17-16(15)5-7-20-17/h1-7,12H,8-11H2,(H,19,20). The van der Waals surface area contributed by atoms with Crippen LogP contribution in [0.5, 0.6) is 0 Å². The van der Waals surface area contributed by atoms with Gasteiger partial charge in [-0.3, -0.25) is 4.79 Å². The normalized spacial score (nSPS) is 15.0. The third-order valence-corrected chi connectivity index (χ3v) is 4.18. The van der Waals surface area contributed by atoms with Crippen LogP contribution >= 0.6 is 0 Å². The van der Waals surface area contributed by atoms with Crippen molar-refractivity contribution in [2.45, 2.75) is 0 Å². The van der Waals surface area contributed by atoms with Crippen molar-refractivity contribution in [1.82, 2.24) is 14.9 Å². The van der Waals surface area contributed by atoms with Crippen LogP contribution in [0.1, 0.15) is 10.4 Å². The lowest BCUT2D eigenvalue weighted by Crippen LogP contribution is -2.40. The van der Waals surface area contributed by atoms with E-state index in [2.05, 4.69) is 9.97 Å². The predicted octanol–water partition coefficient (Wildman–Crippen LogP) is 2.70. The Balaban J connectivity index is 1.71. The summed E-state index contributed by atoms with van der Waals surface area (Å²) in [5.41, 5.74) is 3.67. The Bertz CT molecular complexity index is 850. The van der Waals surface area contributed by atoms with Crippen LogP contribution in [-0.4, -0.2) is 47.1 Å². The number of rotatable bonds is 2. The molecule has 5 heteroatoms. The largest absolute Gasteiger partial charge is 0.378 e. The van der Waals surface area contributed by atoms with Gasteiger partial charge < -0.3 is 14.6 Å². The smallest absolute Gasteiger partial charge is 0.254 e. The van der Waals surface area contributed by atoms with Gasteiger partial charge in [0, 0.05) is 36.4 Å². The van der Waals surface area contributed by atoms with Crippen molar-refractivity contribution in [1.29, 1.82) is 0 Å². The second kappa shape index (κ2) is 5.85. The third-order valence-electron chi connectivity index (χ3n) is 4.18. The average molecular weight is 307 g/mol. The number of morpholine rings is 1. The molecule has 3 aromatic rings. The summed E-state index contributed by atoms with van der Waals surface area (Å²) < 4.78 is 5.31. The van der Waals surface area contributed by atoms with Crippen molar-refractivity contribution >= 4 is 16.9 Å². The molecule has 0 radical (unpaired) electrons. The number of aromatic nitrogens is 2. The van der Waals surface area contributed by atoms with E-state index in [-0.39, 0.29) is 5.91 Å². The molecule has 1 aliphatic heterocycles. The molecule has 4 rings (SSSR count). The van der Waals surface area contributed by atoms with Gasteiger partial charge in [0.25, 0.3) is 5.91 Å². The second-order valence-electron chi connectivity index (χ2n) is 5.58. The van der Waals surface area contributed by atoms with Crippen molar-refractivity contribution in [2.75, 3.05) is 26.3 Å². The van der Waals surface area contributed by atoms with E-state index in [1.54, 1.807) is 6.20 Å². The van der Waals surface area contributed by atoms with Gasteiger partial charge in [-0.05, 0) is 35.4 Å². The highest BCUT2D eigenvalue weighted by Crippen LogP contribution is 2.27. The number of carbonyl (C=O) groups excluding carboxylic acids is 1. The molecule has 0 atom stereocenters. The average Bonchev–Trinajstić information content (AvgIpc) is 3.10. The minimum atomic E-state index is 0.0644. The van der Waals surface area contributed by atoms with E-state index in [0.29, 0.717) is 31.9 Å². The van der Waals surface area contributed by atoms with E-state index in [0.717, 1.165) is 22.2 Å². The molecule has 0 bridgehead atoms. The molecule has 1 amide bonds. The molecule has 2 aromatic heterocycles. The number of carbonyl (C=O) groups is 1. The number of nitrogens with one attached hydrogen (secondary N) is 1. The van der Waals surface area contributed by atoms with E-state index in [4.69, 9.17) is 4.74 Å². The zero-order valence-electron chi connectivity index (χ0n) is 12.7. The SMILES string of the molecule is O=C(c1cccc(-c2ccnc3[nH]ccc23)c1)N1CCOCC1. The zero-order valence-corrected chi connectivity index (χ0v) is 12.7. The minimum Gasteiger partial charge on any atom is -0.378 e. The molecule has 0 spiro atoms. The molecule has 23 heavy (non-hydrogen) atoms. The van der Waals surface area contributed by atoms with Gasteiger partial charge >= 0.3 is 0 Å². The Labute approximate surface area is 133 Å². The van der Waals surface area contributed by atoms with Crippen LogP contribution in [0.3, 0.4) is 0 Å². The van der Waals surface area contributed by atoms with Gasteiger partial charge in [0.2, 0.25) is 0 Å². The summed E-state index contributed by atoms with van der Waals surface area (Å²) >= 11 is 0. The van der Waals surface area contributed by atoms with E-state index in [1.165, 1.54) is 0 Å². The summed E-state index contributed by atoms with van der Waals surface area (Å²) in [6, 6.07) is 11.8. The number of hydrogen-bond donors (Lipinski definition) is 1. The quantitative estimate of drug-likeness (QED) is 0.792. The molecule has 116 valence electrons. The van der Waals surface area contributed by atoms with E-state index in [9.17, 15) is 4.79 Å². The van der Waals surface area contributed by atoms with Crippen LogP contribution in [0.2, 0.25) is 0 Å². The fourth-order valence-corrected chi connectivity index (χ4v) is 2.98. The van der Waals surface area contributed by atoms with E-state index < -0.39 is 0 Å². The highest BCUT2D eigenvalue weighted by atomic mass is 16.5. The van der Waals surface area contributed by atoms with Crippen molar-refractivity contribution in [3.05, 3.63) is 54.4 Å². The molecule has 1 aromatic carbocycles. The predicted molar refractivity (Wildman–Crippen MR) is 88.3 cm³/mol. The number of fused-ring (bicyclic) bond motifs is 1. The first kappa shape index (κ1) is 14.0. The first-order chi connectivity index (χ1) is 11.3. The van der Waals surface area contributed by atoms with Gasteiger partial charge in [-0.1, -0.05) is 12.1 Å². The maximum Gasteiger partial charge on any atom is 0.254 e. The van der Waals surface area contributed by atoms with Crippen LogP contribution in [0.4, 0.5) is 0 Å². The number of pyridine rings is 1. The fourth-order valence-electron chi connectivity index (χ4n) is 2.98. The van der Waals surface area contributed by atoms with Crippen LogP contribution in [0.15, 0.2) is 48.8 Å². The van der Waals surface area contributed by atoms with Gasteiger partial charge in [-0.2, -0.15) is 0 Å². The summed E-state index contributed by atoms with van der Waals surface area (Å²) in [5, 5.41) is 1.06. The van der Waals surface area contributed by atoms with Crippen LogP contribution in [0.25, 0.3) is 22.2 Å². The lowest BCUT2D eigenvalue weighted by molar-refractivity contribution is 0.0303. The molecule has 0 aliphatic carbocycles. The molecule has 1 N–H and O–H groups in total. The van der Waals surface area contributed by atoms with E-state index >= 15 is 0 Å². The number of H-pyrrole nitrogens is 1. The maximum absolute atomic E-state index is 12.6. The van der Waals surface area contributed by atoms with Gasteiger partial charge in [0.1, 0.15) is 5.65 Å². The number of ether oxygens (including phenoxy) is 1. The summed E-state index contributed by atoms with van der Waals surface area (Å²) in [4.78, 5) is 21.9. The summed E-state index contributed by atoms with van der Waals surface area (Å²) in [6.45, 7) is 2.53. The molecular weight excluding hydrogens is 290 g/mol. The molecule has 1 saturated heterocycles. The lowest BCUT2D eigenvalue weighted by Gasteiger charge is -2.27. The number of nitrogens with zero attached hydrogens (tertiary/aromatic N) is 2. The highest BCUT2D eigenvalue weighted by molar-refractivity contribution is 5.98. The van der Waals surface area contributed by atoms with Crippen LogP contribution < -0.4 is 0 Å². The third kappa shape index (κ3) is 2.59. The molecule has 0 saturated carbocycles. The molecule has 0 unspecified atom stereocenters. The molecule has 1 aliphatic rings. The fraction of sp³-hybridized carbons (Fsp3) is 0.222. The Morgan fingerprint density at radius 3 is 2.91 bits per heavy atom. The molecule has 1 fully saturated rings.